The molecule has 0 saturated carbocycles. The maximum absolute atomic E-state index is 11.1. The molecule has 21 heavy (non-hydrogen) atoms. The van der Waals surface area contributed by atoms with E-state index in [-0.39, 0.29) is 23.9 Å². The molecule has 0 aromatic rings. The number of hydrogen-bond acceptors (Lipinski definition) is 3. The van der Waals surface area contributed by atoms with E-state index >= 15 is 0 Å². The molecule has 0 unspecified atom stereocenters. The van der Waals surface area contributed by atoms with Gasteiger partial charge in [-0.2, -0.15) is 0 Å². The van der Waals surface area contributed by atoms with Crippen LogP contribution in [-0.4, -0.2) is 49.1 Å². The predicted octanol–water partition coefficient (Wildman–Crippen LogP) is -1.36. The molecule has 6 heteroatoms. The highest BCUT2D eigenvalue weighted by atomic mass is 35.5. The number of quaternary nitrogens is 1. The minimum Gasteiger partial charge on any atom is -1.00 e. The van der Waals surface area contributed by atoms with Crippen molar-refractivity contribution < 1.29 is 31.2 Å². The summed E-state index contributed by atoms with van der Waals surface area (Å²) in [7, 11) is 4.27. The van der Waals surface area contributed by atoms with Gasteiger partial charge in [0, 0.05) is 5.57 Å². The number of likely N-dealkylation sites (N-methyl/N-ethyl adjacent to an activating group) is 1. The number of primary amides is 1. The fraction of sp³-hybridized carbons (Fsp3) is 0.600. The molecule has 0 fully saturated rings. The van der Waals surface area contributed by atoms with E-state index in [2.05, 4.69) is 53.8 Å². The molecule has 0 heterocycles. The summed E-state index contributed by atoms with van der Waals surface area (Å²) in [5.41, 5.74) is 5.14. The van der Waals surface area contributed by atoms with Gasteiger partial charge >= 0.3 is 5.97 Å². The number of halogens is 1. The highest BCUT2D eigenvalue weighted by molar-refractivity contribution is 5.86. The fourth-order valence-corrected chi connectivity index (χ4v) is 0.825. The second-order valence-corrected chi connectivity index (χ2v) is 6.10. The standard InChI is InChI=1S/C12H24NO2.C3H5NO.ClH/c1-10(2)11(14)15-9-8-13(6,7)12(3,4)5;1-2-3(4)5;/h1,8-9H2,2-7H3;2H,1H2,(H2,4,5);1H/q+1;;/p-1. The number of nitrogens with zero attached hydrogens (tertiary/aromatic N) is 1. The van der Waals surface area contributed by atoms with Gasteiger partial charge in [0.25, 0.3) is 0 Å². The van der Waals surface area contributed by atoms with Crippen molar-refractivity contribution in [1.82, 2.24) is 0 Å². The average molecular weight is 321 g/mol. The first-order chi connectivity index (χ1) is 8.85. The van der Waals surface area contributed by atoms with Gasteiger partial charge in [-0.05, 0) is 33.8 Å². The molecule has 0 radical (unpaired) electrons. The van der Waals surface area contributed by atoms with Gasteiger partial charge in [-0.15, -0.1) is 0 Å². The largest absolute Gasteiger partial charge is 1.00 e. The van der Waals surface area contributed by atoms with Gasteiger partial charge < -0.3 is 27.4 Å². The minimum atomic E-state index is -0.481. The lowest BCUT2D eigenvalue weighted by Crippen LogP contribution is -3.00. The van der Waals surface area contributed by atoms with E-state index in [0.29, 0.717) is 12.2 Å². The molecule has 0 atom stereocenters. The summed E-state index contributed by atoms with van der Waals surface area (Å²) in [6.07, 6.45) is 1.06. The maximum Gasteiger partial charge on any atom is 0.333 e. The van der Waals surface area contributed by atoms with Gasteiger partial charge in [0.2, 0.25) is 5.91 Å². The van der Waals surface area contributed by atoms with Crippen molar-refractivity contribution >= 4 is 11.9 Å². The fourth-order valence-electron chi connectivity index (χ4n) is 0.825. The number of esters is 1. The third kappa shape index (κ3) is 12.1. The minimum absolute atomic E-state index is 0. The van der Waals surface area contributed by atoms with Crippen LogP contribution >= 0.6 is 0 Å². The van der Waals surface area contributed by atoms with E-state index in [0.717, 1.165) is 17.1 Å². The van der Waals surface area contributed by atoms with Crippen LogP contribution in [0.5, 0.6) is 0 Å². The number of hydrogen-bond donors (Lipinski definition) is 1. The van der Waals surface area contributed by atoms with Gasteiger partial charge in [-0.3, -0.25) is 4.79 Å². The Labute approximate surface area is 134 Å². The van der Waals surface area contributed by atoms with Gasteiger partial charge in [-0.1, -0.05) is 13.2 Å². The summed E-state index contributed by atoms with van der Waals surface area (Å²) in [4.78, 5) is 20.6. The van der Waals surface area contributed by atoms with Crippen LogP contribution in [0.2, 0.25) is 0 Å². The van der Waals surface area contributed by atoms with Crippen LogP contribution in [-0.2, 0) is 14.3 Å². The Bertz CT molecular complexity index is 372. The third-order valence-electron chi connectivity index (χ3n) is 3.25. The molecule has 0 aromatic heterocycles. The first-order valence-electron chi connectivity index (χ1n) is 6.42. The summed E-state index contributed by atoms with van der Waals surface area (Å²) < 4.78 is 5.90. The number of carbonyl (C=O) groups excluding carboxylic acids is 2. The SMILES string of the molecule is C=C(C)C(=O)OCC[N+](C)(C)C(C)(C)C.C=CC(N)=O.[Cl-]. The lowest BCUT2D eigenvalue weighted by atomic mass is 10.0. The van der Waals surface area contributed by atoms with E-state index in [4.69, 9.17) is 4.74 Å². The van der Waals surface area contributed by atoms with E-state index in [1.165, 1.54) is 0 Å². The molecular weight excluding hydrogens is 292 g/mol. The van der Waals surface area contributed by atoms with Crippen molar-refractivity contribution in [3.8, 4) is 0 Å². The molecule has 1 amide bonds. The van der Waals surface area contributed by atoms with E-state index in [1.54, 1.807) is 6.92 Å². The molecule has 124 valence electrons. The van der Waals surface area contributed by atoms with Crippen LogP contribution in [0, 0.1) is 0 Å². The van der Waals surface area contributed by atoms with Crippen molar-refractivity contribution in [3.63, 3.8) is 0 Å². The molecule has 0 aromatic carbocycles. The lowest BCUT2D eigenvalue weighted by Gasteiger charge is -2.42. The number of carbonyl (C=O) groups is 2. The van der Waals surface area contributed by atoms with Crippen LogP contribution in [0.4, 0.5) is 0 Å². The van der Waals surface area contributed by atoms with Crippen LogP contribution < -0.4 is 18.1 Å². The molecule has 0 bridgehead atoms. The van der Waals surface area contributed by atoms with Crippen molar-refractivity contribution in [1.29, 1.82) is 0 Å². The van der Waals surface area contributed by atoms with Crippen LogP contribution in [0.3, 0.4) is 0 Å². The highest BCUT2D eigenvalue weighted by Gasteiger charge is 2.31. The van der Waals surface area contributed by atoms with E-state index in [1.807, 2.05) is 0 Å². The Morgan fingerprint density at radius 3 is 1.90 bits per heavy atom. The van der Waals surface area contributed by atoms with E-state index in [9.17, 15) is 9.59 Å². The summed E-state index contributed by atoms with van der Waals surface area (Å²) in [5.74, 6) is -0.783. The zero-order valence-corrected chi connectivity index (χ0v) is 14.8. The molecule has 0 spiro atoms. The number of ether oxygens (including phenoxy) is 1. The van der Waals surface area contributed by atoms with Gasteiger partial charge in [0.05, 0.1) is 19.6 Å². The topological polar surface area (TPSA) is 69.4 Å². The van der Waals surface area contributed by atoms with E-state index < -0.39 is 5.91 Å². The Hall–Kier alpha value is -1.33. The molecule has 0 rings (SSSR count). The molecule has 2 N–H and O–H groups in total. The van der Waals surface area contributed by atoms with Crippen molar-refractivity contribution in [2.24, 2.45) is 5.73 Å². The average Bonchev–Trinajstić information content (AvgIpc) is 2.27. The molecule has 0 aliphatic rings. The number of nitrogens with two attached hydrogens (primary N) is 1. The van der Waals surface area contributed by atoms with Crippen molar-refractivity contribution in [2.75, 3.05) is 27.2 Å². The monoisotopic (exact) mass is 320 g/mol. The van der Waals surface area contributed by atoms with Crippen molar-refractivity contribution in [2.45, 2.75) is 33.2 Å². The summed E-state index contributed by atoms with van der Waals surface area (Å²) in [5, 5.41) is 0. The van der Waals surface area contributed by atoms with Gasteiger partial charge in [0.1, 0.15) is 13.2 Å². The summed E-state index contributed by atoms with van der Waals surface area (Å²) in [6.45, 7) is 16.1. The Morgan fingerprint density at radius 2 is 1.67 bits per heavy atom. The Balaban J connectivity index is -0.000000465. The van der Waals surface area contributed by atoms with Crippen LogP contribution in [0.1, 0.15) is 27.7 Å². The van der Waals surface area contributed by atoms with Crippen LogP contribution in [0.25, 0.3) is 0 Å². The zero-order valence-electron chi connectivity index (χ0n) is 14.0. The first-order valence-corrected chi connectivity index (χ1v) is 6.42. The predicted molar refractivity (Wildman–Crippen MR) is 81.9 cm³/mol. The first kappa shape index (κ1) is 24.7. The highest BCUT2D eigenvalue weighted by Crippen LogP contribution is 2.18. The third-order valence-corrected chi connectivity index (χ3v) is 3.25. The molecule has 0 aliphatic carbocycles. The smallest absolute Gasteiger partial charge is 0.333 e. The van der Waals surface area contributed by atoms with Gasteiger partial charge in [0.15, 0.2) is 0 Å². The quantitative estimate of drug-likeness (QED) is 0.386. The Kier molecular flexibility index (Phi) is 12.2. The maximum atomic E-state index is 11.1. The molecular formula is C15H29ClN2O3. The Morgan fingerprint density at radius 1 is 1.29 bits per heavy atom. The molecule has 5 nitrogen and oxygen atoms in total. The molecule has 0 aliphatic heterocycles. The zero-order chi connectivity index (χ0) is 16.6. The van der Waals surface area contributed by atoms with Gasteiger partial charge in [-0.25, -0.2) is 4.79 Å². The lowest BCUT2D eigenvalue weighted by molar-refractivity contribution is -0.935. The second-order valence-electron chi connectivity index (χ2n) is 6.10. The number of rotatable bonds is 5. The second kappa shape index (κ2) is 10.4. The van der Waals surface area contributed by atoms with Crippen LogP contribution in [0.15, 0.2) is 24.8 Å². The van der Waals surface area contributed by atoms with Crippen molar-refractivity contribution in [3.05, 3.63) is 24.8 Å². The summed E-state index contributed by atoms with van der Waals surface area (Å²) in [6, 6.07) is 0. The normalized spacial score (nSPS) is 10.4. The number of amides is 1. The summed E-state index contributed by atoms with van der Waals surface area (Å²) >= 11 is 0. The molecule has 0 saturated heterocycles.